The van der Waals surface area contributed by atoms with Crippen molar-refractivity contribution in [1.82, 2.24) is 0 Å². The van der Waals surface area contributed by atoms with Crippen molar-refractivity contribution >= 4 is 33.5 Å². The number of anilines is 1. The van der Waals surface area contributed by atoms with Crippen LogP contribution in [0.25, 0.3) is 0 Å². The first-order chi connectivity index (χ1) is 9.47. The zero-order valence-corrected chi connectivity index (χ0v) is 12.7. The van der Waals surface area contributed by atoms with Crippen LogP contribution < -0.4 is 5.32 Å². The minimum Gasteiger partial charge on any atom is -0.478 e. The van der Waals surface area contributed by atoms with E-state index in [0.717, 1.165) is 18.4 Å². The highest BCUT2D eigenvalue weighted by Gasteiger charge is 2.20. The molecule has 0 bridgehead atoms. The molecule has 0 saturated carbocycles. The molecule has 0 radical (unpaired) electrons. The molecule has 1 aliphatic heterocycles. The number of aryl methyl sites for hydroxylation is 1. The highest BCUT2D eigenvalue weighted by atomic mass is 79.9. The summed E-state index contributed by atoms with van der Waals surface area (Å²) in [6, 6.07) is 3.15. The lowest BCUT2D eigenvalue weighted by atomic mass is 10.1. The Labute approximate surface area is 125 Å². The Balaban J connectivity index is 2.09. The van der Waals surface area contributed by atoms with E-state index in [1.54, 1.807) is 6.07 Å². The molecule has 20 heavy (non-hydrogen) atoms. The monoisotopic (exact) mass is 341 g/mol. The van der Waals surface area contributed by atoms with Crippen molar-refractivity contribution in [2.75, 3.05) is 11.9 Å². The summed E-state index contributed by atoms with van der Waals surface area (Å²) in [5.74, 6) is -1.19. The van der Waals surface area contributed by atoms with Crippen LogP contribution in [0.1, 0.15) is 35.2 Å². The van der Waals surface area contributed by atoms with Gasteiger partial charge in [0.1, 0.15) is 0 Å². The summed E-state index contributed by atoms with van der Waals surface area (Å²) >= 11 is 3.21. The number of halogens is 1. The third kappa shape index (κ3) is 3.58. The smallest absolute Gasteiger partial charge is 0.336 e. The van der Waals surface area contributed by atoms with Gasteiger partial charge in [0.05, 0.1) is 18.1 Å². The topological polar surface area (TPSA) is 75.6 Å². The number of carbonyl (C=O) groups is 2. The Kier molecular flexibility index (Phi) is 4.77. The summed E-state index contributed by atoms with van der Waals surface area (Å²) in [6.45, 7) is 2.52. The zero-order valence-electron chi connectivity index (χ0n) is 11.1. The van der Waals surface area contributed by atoms with E-state index in [0.29, 0.717) is 23.2 Å². The molecule has 0 spiro atoms. The normalized spacial score (nSPS) is 18.0. The number of ether oxygens (including phenoxy) is 1. The number of hydrogen-bond acceptors (Lipinski definition) is 3. The number of nitrogens with one attached hydrogen (secondary N) is 1. The number of aromatic carboxylic acids is 1. The van der Waals surface area contributed by atoms with Crippen LogP contribution in [0.5, 0.6) is 0 Å². The highest BCUT2D eigenvalue weighted by molar-refractivity contribution is 9.10. The number of rotatable bonds is 4. The van der Waals surface area contributed by atoms with E-state index in [1.165, 1.54) is 6.07 Å². The second-order valence-corrected chi connectivity index (χ2v) is 5.69. The van der Waals surface area contributed by atoms with E-state index < -0.39 is 5.97 Å². The standard InChI is InChI=1S/C14H16BrNO4/c1-8-5-11(15)10(14(18)19)7-12(8)16-13(17)6-9-3-2-4-20-9/h5,7,9H,2-4,6H2,1H3,(H,16,17)(H,18,19)/t9-/m1/s1. The van der Waals surface area contributed by atoms with Crippen molar-refractivity contribution in [2.45, 2.75) is 32.3 Å². The van der Waals surface area contributed by atoms with E-state index in [2.05, 4.69) is 21.2 Å². The number of amides is 1. The van der Waals surface area contributed by atoms with Crippen molar-refractivity contribution in [3.05, 3.63) is 27.7 Å². The molecule has 5 nitrogen and oxygen atoms in total. The molecule has 1 fully saturated rings. The molecule has 1 aromatic rings. The van der Waals surface area contributed by atoms with E-state index >= 15 is 0 Å². The number of carboxylic acid groups (broad SMARTS) is 1. The quantitative estimate of drug-likeness (QED) is 0.882. The molecular formula is C14H16BrNO4. The maximum atomic E-state index is 11.9. The molecule has 0 aliphatic carbocycles. The van der Waals surface area contributed by atoms with Gasteiger partial charge in [0.2, 0.25) is 5.91 Å². The first-order valence-electron chi connectivity index (χ1n) is 6.42. The molecule has 2 N–H and O–H groups in total. The average Bonchev–Trinajstić information content (AvgIpc) is 2.84. The van der Waals surface area contributed by atoms with Gasteiger partial charge in [-0.25, -0.2) is 4.79 Å². The van der Waals surface area contributed by atoms with Gasteiger partial charge in [0.15, 0.2) is 0 Å². The minimum absolute atomic E-state index is 0.0234. The largest absolute Gasteiger partial charge is 0.478 e. The Hall–Kier alpha value is -1.40. The van der Waals surface area contributed by atoms with Crippen LogP contribution in [-0.2, 0) is 9.53 Å². The van der Waals surface area contributed by atoms with E-state index in [4.69, 9.17) is 9.84 Å². The lowest BCUT2D eigenvalue weighted by molar-refractivity contribution is -0.118. The average molecular weight is 342 g/mol. The van der Waals surface area contributed by atoms with Crippen molar-refractivity contribution in [3.63, 3.8) is 0 Å². The fourth-order valence-corrected chi connectivity index (χ4v) is 2.81. The summed E-state index contributed by atoms with van der Waals surface area (Å²) in [4.78, 5) is 23.0. The molecule has 1 saturated heterocycles. The van der Waals surface area contributed by atoms with Gasteiger partial charge >= 0.3 is 5.97 Å². The molecule has 6 heteroatoms. The first kappa shape index (κ1) is 15.0. The molecule has 1 aromatic carbocycles. The third-order valence-electron chi connectivity index (χ3n) is 3.26. The Morgan fingerprint density at radius 3 is 2.85 bits per heavy atom. The second-order valence-electron chi connectivity index (χ2n) is 4.84. The van der Waals surface area contributed by atoms with Gasteiger partial charge in [-0.05, 0) is 53.4 Å². The summed E-state index contributed by atoms with van der Waals surface area (Å²) < 4.78 is 5.91. The maximum Gasteiger partial charge on any atom is 0.336 e. The molecule has 1 heterocycles. The van der Waals surface area contributed by atoms with Gasteiger partial charge in [-0.2, -0.15) is 0 Å². The van der Waals surface area contributed by atoms with E-state index in [1.807, 2.05) is 6.92 Å². The maximum absolute atomic E-state index is 11.9. The van der Waals surface area contributed by atoms with E-state index in [9.17, 15) is 9.59 Å². The molecule has 0 unspecified atom stereocenters. The number of carbonyl (C=O) groups excluding carboxylic acids is 1. The Bertz CT molecular complexity index is 538. The predicted octanol–water partition coefficient (Wildman–Crippen LogP) is 2.96. The molecule has 2 rings (SSSR count). The van der Waals surface area contributed by atoms with Crippen molar-refractivity contribution in [2.24, 2.45) is 0 Å². The molecule has 1 atom stereocenters. The van der Waals surface area contributed by atoms with Gasteiger partial charge in [-0.1, -0.05) is 0 Å². The SMILES string of the molecule is Cc1cc(Br)c(C(=O)O)cc1NC(=O)C[C@H]1CCCO1. The first-order valence-corrected chi connectivity index (χ1v) is 7.21. The Morgan fingerprint density at radius 2 is 2.25 bits per heavy atom. The lowest BCUT2D eigenvalue weighted by Gasteiger charge is -2.13. The van der Waals surface area contributed by atoms with Gasteiger partial charge in [-0.3, -0.25) is 4.79 Å². The fourth-order valence-electron chi connectivity index (χ4n) is 2.18. The molecule has 0 aromatic heterocycles. The lowest BCUT2D eigenvalue weighted by Crippen LogP contribution is -2.20. The summed E-state index contributed by atoms with van der Waals surface area (Å²) in [5.41, 5.74) is 1.46. The molecule has 1 aliphatic rings. The zero-order chi connectivity index (χ0) is 14.7. The molecule has 108 valence electrons. The Morgan fingerprint density at radius 1 is 1.50 bits per heavy atom. The third-order valence-corrected chi connectivity index (χ3v) is 3.91. The van der Waals surface area contributed by atoms with Gasteiger partial charge < -0.3 is 15.2 Å². The van der Waals surface area contributed by atoms with Crippen molar-refractivity contribution < 1.29 is 19.4 Å². The van der Waals surface area contributed by atoms with Gasteiger partial charge in [0.25, 0.3) is 0 Å². The number of benzene rings is 1. The van der Waals surface area contributed by atoms with Crippen LogP contribution in [0.3, 0.4) is 0 Å². The van der Waals surface area contributed by atoms with Crippen LogP contribution in [-0.4, -0.2) is 29.7 Å². The van der Waals surface area contributed by atoms with Crippen LogP contribution in [0.2, 0.25) is 0 Å². The van der Waals surface area contributed by atoms with Crippen molar-refractivity contribution in [3.8, 4) is 0 Å². The van der Waals surface area contributed by atoms with Gasteiger partial charge in [-0.15, -0.1) is 0 Å². The number of carboxylic acids is 1. The molecular weight excluding hydrogens is 326 g/mol. The second kappa shape index (κ2) is 6.37. The predicted molar refractivity (Wildman–Crippen MR) is 78.1 cm³/mol. The highest BCUT2D eigenvalue weighted by Crippen LogP contribution is 2.26. The summed E-state index contributed by atoms with van der Waals surface area (Å²) in [5, 5.41) is 11.8. The fraction of sp³-hybridized carbons (Fsp3) is 0.429. The summed E-state index contributed by atoms with van der Waals surface area (Å²) in [7, 11) is 0. The van der Waals surface area contributed by atoms with Crippen LogP contribution in [0.15, 0.2) is 16.6 Å². The summed E-state index contributed by atoms with van der Waals surface area (Å²) in [6.07, 6.45) is 2.16. The van der Waals surface area contributed by atoms with Crippen LogP contribution in [0, 0.1) is 6.92 Å². The van der Waals surface area contributed by atoms with Crippen LogP contribution in [0.4, 0.5) is 5.69 Å². The number of hydrogen-bond donors (Lipinski definition) is 2. The van der Waals surface area contributed by atoms with Gasteiger partial charge in [0, 0.05) is 16.8 Å². The molecule has 1 amide bonds. The van der Waals surface area contributed by atoms with Crippen molar-refractivity contribution in [1.29, 1.82) is 0 Å². The van der Waals surface area contributed by atoms with Crippen LogP contribution >= 0.6 is 15.9 Å². The van der Waals surface area contributed by atoms with E-state index in [-0.39, 0.29) is 17.6 Å². The minimum atomic E-state index is -1.04.